The van der Waals surface area contributed by atoms with E-state index in [1.807, 2.05) is 6.07 Å². The molecule has 0 saturated carbocycles. The number of amides is 1. The van der Waals surface area contributed by atoms with Gasteiger partial charge in [0, 0.05) is 50.0 Å². The highest BCUT2D eigenvalue weighted by Gasteiger charge is 2.19. The van der Waals surface area contributed by atoms with Crippen LogP contribution in [0.25, 0.3) is 0 Å². The van der Waals surface area contributed by atoms with Crippen molar-refractivity contribution < 1.29 is 4.79 Å². The second-order valence-electron chi connectivity index (χ2n) is 7.95. The molecule has 1 N–H and O–H groups in total. The van der Waals surface area contributed by atoms with Crippen LogP contribution in [0.1, 0.15) is 16.8 Å². The predicted octanol–water partition coefficient (Wildman–Crippen LogP) is 1.61. The molecule has 0 radical (unpaired) electrons. The van der Waals surface area contributed by atoms with Crippen LogP contribution in [0, 0.1) is 13.8 Å². The normalized spacial score (nSPS) is 14.4. The van der Waals surface area contributed by atoms with Gasteiger partial charge in [0.2, 0.25) is 5.91 Å². The molecule has 1 fully saturated rings. The van der Waals surface area contributed by atoms with Crippen LogP contribution in [-0.2, 0) is 17.9 Å². The molecular weight excluding hydrogens is 406 g/mol. The number of hydrogen-bond donors (Lipinski definition) is 1. The maximum atomic E-state index is 12.5. The minimum Gasteiger partial charge on any atom is -0.354 e. The number of hydrogen-bond acceptors (Lipinski definition) is 7. The summed E-state index contributed by atoms with van der Waals surface area (Å²) in [5.74, 6) is 0.853. The maximum Gasteiger partial charge on any atom is 0.256 e. The van der Waals surface area contributed by atoms with Gasteiger partial charge in [-0.2, -0.15) is 0 Å². The third-order valence-electron chi connectivity index (χ3n) is 5.69. The monoisotopic (exact) mass is 433 g/mol. The van der Waals surface area contributed by atoms with E-state index >= 15 is 0 Å². The van der Waals surface area contributed by atoms with E-state index in [-0.39, 0.29) is 18.0 Å². The van der Waals surface area contributed by atoms with Gasteiger partial charge in [0.1, 0.15) is 24.5 Å². The van der Waals surface area contributed by atoms with Crippen molar-refractivity contribution in [3.8, 4) is 0 Å². The van der Waals surface area contributed by atoms with E-state index in [0.717, 1.165) is 38.5 Å². The van der Waals surface area contributed by atoms with Crippen LogP contribution in [-0.4, -0.2) is 56.5 Å². The Hall–Kier alpha value is -3.59. The molecule has 1 amide bonds. The molecule has 9 nitrogen and oxygen atoms in total. The Morgan fingerprint density at radius 2 is 1.78 bits per heavy atom. The Morgan fingerprint density at radius 1 is 1.03 bits per heavy atom. The Bertz CT molecular complexity index is 1140. The molecule has 166 valence electrons. The summed E-state index contributed by atoms with van der Waals surface area (Å²) in [5.41, 5.74) is 2.29. The van der Waals surface area contributed by atoms with Gasteiger partial charge >= 0.3 is 0 Å². The summed E-state index contributed by atoms with van der Waals surface area (Å²) in [6, 6.07) is 12.2. The number of nitrogens with zero attached hydrogens (tertiary/aromatic N) is 6. The minimum absolute atomic E-state index is 0.121. The van der Waals surface area contributed by atoms with E-state index in [1.165, 1.54) is 22.8 Å². The zero-order chi connectivity index (χ0) is 22.5. The van der Waals surface area contributed by atoms with Crippen LogP contribution in [0.15, 0.2) is 53.8 Å². The predicted molar refractivity (Wildman–Crippen MR) is 123 cm³/mol. The smallest absolute Gasteiger partial charge is 0.256 e. The summed E-state index contributed by atoms with van der Waals surface area (Å²) >= 11 is 0. The molecule has 0 bridgehead atoms. The molecule has 1 aromatic carbocycles. The van der Waals surface area contributed by atoms with Crippen molar-refractivity contribution in [2.24, 2.45) is 0 Å². The van der Waals surface area contributed by atoms with E-state index in [2.05, 4.69) is 54.3 Å². The average Bonchev–Trinajstić information content (AvgIpc) is 2.81. The fourth-order valence-corrected chi connectivity index (χ4v) is 3.69. The first kappa shape index (κ1) is 21.6. The van der Waals surface area contributed by atoms with E-state index in [0.29, 0.717) is 17.1 Å². The summed E-state index contributed by atoms with van der Waals surface area (Å²) in [4.78, 5) is 42.0. The summed E-state index contributed by atoms with van der Waals surface area (Å²) < 4.78 is 1.30. The molecule has 0 aliphatic carbocycles. The van der Waals surface area contributed by atoms with Crippen LogP contribution in [0.5, 0.6) is 0 Å². The van der Waals surface area contributed by atoms with Crippen molar-refractivity contribution in [3.63, 3.8) is 0 Å². The van der Waals surface area contributed by atoms with Crippen molar-refractivity contribution in [2.75, 3.05) is 36.4 Å². The Balaban J connectivity index is 1.34. The second kappa shape index (κ2) is 9.69. The third-order valence-corrected chi connectivity index (χ3v) is 5.69. The summed E-state index contributed by atoms with van der Waals surface area (Å²) in [7, 11) is 0. The molecule has 0 unspecified atom stereocenters. The second-order valence-corrected chi connectivity index (χ2v) is 7.95. The summed E-state index contributed by atoms with van der Waals surface area (Å²) in [5, 5.41) is 2.76. The summed E-state index contributed by atoms with van der Waals surface area (Å²) in [6.07, 6.45) is 2.84. The van der Waals surface area contributed by atoms with E-state index < -0.39 is 0 Å². The minimum atomic E-state index is -0.338. The number of carbonyl (C=O) groups is 1. The van der Waals surface area contributed by atoms with Crippen molar-refractivity contribution >= 4 is 17.5 Å². The lowest BCUT2D eigenvalue weighted by molar-refractivity contribution is -0.116. The number of rotatable bonds is 6. The topological polar surface area (TPSA) is 96.2 Å². The van der Waals surface area contributed by atoms with Gasteiger partial charge < -0.3 is 10.2 Å². The summed E-state index contributed by atoms with van der Waals surface area (Å²) in [6.45, 7) is 7.85. The van der Waals surface area contributed by atoms with Crippen LogP contribution in [0.3, 0.4) is 0 Å². The van der Waals surface area contributed by atoms with Crippen molar-refractivity contribution in [1.29, 1.82) is 0 Å². The molecule has 9 heteroatoms. The van der Waals surface area contributed by atoms with Gasteiger partial charge in [0.15, 0.2) is 0 Å². The number of nitrogens with one attached hydrogen (secondary N) is 1. The fourth-order valence-electron chi connectivity index (χ4n) is 3.69. The zero-order valence-corrected chi connectivity index (χ0v) is 18.4. The van der Waals surface area contributed by atoms with E-state index in [4.69, 9.17) is 0 Å². The molecule has 32 heavy (non-hydrogen) atoms. The number of piperazine rings is 1. The molecule has 1 saturated heterocycles. The molecule has 3 aromatic rings. The van der Waals surface area contributed by atoms with Gasteiger partial charge in [-0.05, 0) is 19.4 Å². The van der Waals surface area contributed by atoms with E-state index in [9.17, 15) is 9.59 Å². The highest BCUT2D eigenvalue weighted by Crippen LogP contribution is 2.17. The van der Waals surface area contributed by atoms with Gasteiger partial charge in [-0.25, -0.2) is 15.0 Å². The quantitative estimate of drug-likeness (QED) is 0.631. The van der Waals surface area contributed by atoms with Gasteiger partial charge in [-0.3, -0.25) is 19.1 Å². The number of anilines is 2. The number of aromatic nitrogens is 4. The molecule has 1 aliphatic rings. The van der Waals surface area contributed by atoms with Gasteiger partial charge in [-0.1, -0.05) is 30.3 Å². The maximum absolute atomic E-state index is 12.5. The Kier molecular flexibility index (Phi) is 6.55. The van der Waals surface area contributed by atoms with Crippen molar-refractivity contribution in [2.45, 2.75) is 26.9 Å². The molecule has 0 spiro atoms. The highest BCUT2D eigenvalue weighted by molar-refractivity contribution is 5.89. The zero-order valence-electron chi connectivity index (χ0n) is 18.4. The lowest BCUT2D eigenvalue weighted by atomic mass is 10.2. The van der Waals surface area contributed by atoms with Crippen LogP contribution in [0.2, 0.25) is 0 Å². The number of carbonyl (C=O) groups excluding carboxylic acids is 1. The SMILES string of the molecule is Cc1ncn(CC(=O)Nc2cc(N3CCN(Cc4ccccc4)CC3)ncn2)c(=O)c1C. The van der Waals surface area contributed by atoms with Crippen LogP contribution in [0.4, 0.5) is 11.6 Å². The van der Waals surface area contributed by atoms with Crippen molar-refractivity contribution in [3.05, 3.63) is 76.2 Å². The standard InChI is InChI=1S/C23H27N7O2/c1-17-18(2)26-16-30(23(17)32)14-22(31)27-20-12-21(25-15-24-20)29-10-8-28(9-11-29)13-19-6-4-3-5-7-19/h3-7,12,15-16H,8-11,13-14H2,1-2H3,(H,24,25,27,31). The first-order valence-electron chi connectivity index (χ1n) is 10.7. The molecule has 3 heterocycles. The number of benzene rings is 1. The fraction of sp³-hybridized carbons (Fsp3) is 0.348. The first-order chi connectivity index (χ1) is 15.5. The molecule has 2 aromatic heterocycles. The lowest BCUT2D eigenvalue weighted by Gasteiger charge is -2.35. The van der Waals surface area contributed by atoms with Gasteiger partial charge in [-0.15, -0.1) is 0 Å². The number of aryl methyl sites for hydroxylation is 1. The Morgan fingerprint density at radius 3 is 2.53 bits per heavy atom. The highest BCUT2D eigenvalue weighted by atomic mass is 16.2. The molecular formula is C23H27N7O2. The largest absolute Gasteiger partial charge is 0.354 e. The van der Waals surface area contributed by atoms with E-state index in [1.54, 1.807) is 19.9 Å². The lowest BCUT2D eigenvalue weighted by Crippen LogP contribution is -2.46. The van der Waals surface area contributed by atoms with Crippen molar-refractivity contribution in [1.82, 2.24) is 24.4 Å². The first-order valence-corrected chi connectivity index (χ1v) is 10.7. The molecule has 4 rings (SSSR count). The Labute approximate surface area is 186 Å². The van der Waals surface area contributed by atoms with Crippen LogP contribution < -0.4 is 15.8 Å². The average molecular weight is 434 g/mol. The van der Waals surface area contributed by atoms with Gasteiger partial charge in [0.25, 0.3) is 5.56 Å². The molecule has 0 atom stereocenters. The molecule has 1 aliphatic heterocycles. The van der Waals surface area contributed by atoms with Gasteiger partial charge in [0.05, 0.1) is 6.33 Å². The third kappa shape index (κ3) is 5.17. The van der Waals surface area contributed by atoms with Crippen LogP contribution >= 0.6 is 0 Å².